The standard InChI is InChI=1S/C19H22FN3O4/c1-26-15-3-2-14(16(20)8-15)11-23-6-5-21-19(25)17(23)9-18(24)22-10-13-4-7-27-12-13/h2-4,7-8,12,17H,5-6,9-11H2,1H3,(H,21,25)(H,22,24). The SMILES string of the molecule is COc1ccc(CN2CCNC(=O)C2CC(=O)NCc2ccoc2)c(F)c1. The maximum atomic E-state index is 14.3. The van der Waals surface area contributed by atoms with E-state index < -0.39 is 11.9 Å². The van der Waals surface area contributed by atoms with E-state index in [1.165, 1.54) is 19.4 Å². The van der Waals surface area contributed by atoms with Gasteiger partial charge < -0.3 is 19.8 Å². The molecule has 27 heavy (non-hydrogen) atoms. The molecule has 1 saturated heterocycles. The highest BCUT2D eigenvalue weighted by Crippen LogP contribution is 2.20. The van der Waals surface area contributed by atoms with Crippen molar-refractivity contribution in [2.75, 3.05) is 20.2 Å². The van der Waals surface area contributed by atoms with Crippen LogP contribution in [0.3, 0.4) is 0 Å². The van der Waals surface area contributed by atoms with E-state index in [2.05, 4.69) is 10.6 Å². The van der Waals surface area contributed by atoms with Gasteiger partial charge in [-0.05, 0) is 12.1 Å². The van der Waals surface area contributed by atoms with Gasteiger partial charge in [0.15, 0.2) is 0 Å². The number of carbonyl (C=O) groups is 2. The van der Waals surface area contributed by atoms with Crippen LogP contribution in [-0.2, 0) is 22.7 Å². The molecule has 144 valence electrons. The Bertz CT molecular complexity index is 794. The number of furan rings is 1. The molecule has 1 aliphatic rings. The van der Waals surface area contributed by atoms with Gasteiger partial charge in [0.2, 0.25) is 11.8 Å². The second-order valence-electron chi connectivity index (χ2n) is 6.35. The Balaban J connectivity index is 1.64. The van der Waals surface area contributed by atoms with Crippen LogP contribution in [0, 0.1) is 5.82 Å². The van der Waals surface area contributed by atoms with E-state index in [1.807, 2.05) is 4.90 Å². The Morgan fingerprint density at radius 1 is 1.44 bits per heavy atom. The highest BCUT2D eigenvalue weighted by molar-refractivity contribution is 5.88. The summed E-state index contributed by atoms with van der Waals surface area (Å²) in [5.41, 5.74) is 1.29. The molecule has 2 aromatic rings. The van der Waals surface area contributed by atoms with Gasteiger partial charge in [0.1, 0.15) is 11.6 Å². The summed E-state index contributed by atoms with van der Waals surface area (Å²) < 4.78 is 24.2. The van der Waals surface area contributed by atoms with E-state index in [-0.39, 0.29) is 24.8 Å². The van der Waals surface area contributed by atoms with Crippen LogP contribution in [0.4, 0.5) is 4.39 Å². The zero-order valence-corrected chi connectivity index (χ0v) is 15.0. The maximum Gasteiger partial charge on any atom is 0.237 e. The van der Waals surface area contributed by atoms with Crippen molar-refractivity contribution >= 4 is 11.8 Å². The molecule has 1 fully saturated rings. The predicted molar refractivity (Wildman–Crippen MR) is 95.3 cm³/mol. The van der Waals surface area contributed by atoms with Crippen LogP contribution in [-0.4, -0.2) is 43.0 Å². The molecule has 0 radical (unpaired) electrons. The van der Waals surface area contributed by atoms with Crippen molar-refractivity contribution in [2.45, 2.75) is 25.6 Å². The molecule has 2 N–H and O–H groups in total. The number of halogens is 1. The first-order chi connectivity index (χ1) is 13.1. The van der Waals surface area contributed by atoms with Crippen LogP contribution in [0.5, 0.6) is 5.75 Å². The summed E-state index contributed by atoms with van der Waals surface area (Å²) in [6.07, 6.45) is 3.08. The lowest BCUT2D eigenvalue weighted by molar-refractivity contribution is -0.134. The van der Waals surface area contributed by atoms with Gasteiger partial charge in [0, 0.05) is 43.4 Å². The normalized spacial score (nSPS) is 17.4. The Hall–Kier alpha value is -2.87. The molecule has 1 atom stereocenters. The zero-order chi connectivity index (χ0) is 19.2. The zero-order valence-electron chi connectivity index (χ0n) is 15.0. The van der Waals surface area contributed by atoms with Crippen molar-refractivity contribution in [2.24, 2.45) is 0 Å². The largest absolute Gasteiger partial charge is 0.497 e. The number of hydrogen-bond acceptors (Lipinski definition) is 5. The molecule has 2 heterocycles. The number of piperazine rings is 1. The summed E-state index contributed by atoms with van der Waals surface area (Å²) in [6.45, 7) is 1.57. The van der Waals surface area contributed by atoms with Gasteiger partial charge in [-0.25, -0.2) is 4.39 Å². The number of carbonyl (C=O) groups excluding carboxylic acids is 2. The minimum Gasteiger partial charge on any atom is -0.497 e. The second-order valence-corrected chi connectivity index (χ2v) is 6.35. The lowest BCUT2D eigenvalue weighted by Gasteiger charge is -2.34. The first kappa shape index (κ1) is 18.9. The van der Waals surface area contributed by atoms with E-state index in [9.17, 15) is 14.0 Å². The van der Waals surface area contributed by atoms with E-state index in [1.54, 1.807) is 24.5 Å². The van der Waals surface area contributed by atoms with E-state index in [4.69, 9.17) is 9.15 Å². The number of nitrogens with one attached hydrogen (secondary N) is 2. The number of methoxy groups -OCH3 is 1. The van der Waals surface area contributed by atoms with Crippen molar-refractivity contribution in [1.29, 1.82) is 0 Å². The quantitative estimate of drug-likeness (QED) is 0.765. The maximum absolute atomic E-state index is 14.3. The van der Waals surface area contributed by atoms with Gasteiger partial charge >= 0.3 is 0 Å². The Labute approximate surface area is 156 Å². The first-order valence-corrected chi connectivity index (χ1v) is 8.69. The third-order valence-electron chi connectivity index (χ3n) is 4.52. The van der Waals surface area contributed by atoms with Crippen LogP contribution in [0.15, 0.2) is 41.2 Å². The Morgan fingerprint density at radius 3 is 3.00 bits per heavy atom. The van der Waals surface area contributed by atoms with Crippen molar-refractivity contribution in [1.82, 2.24) is 15.5 Å². The molecule has 1 aromatic carbocycles. The molecule has 7 nitrogen and oxygen atoms in total. The molecule has 1 unspecified atom stereocenters. The summed E-state index contributed by atoms with van der Waals surface area (Å²) >= 11 is 0. The molecule has 0 aliphatic carbocycles. The summed E-state index contributed by atoms with van der Waals surface area (Å²) in [6, 6.07) is 5.73. The third kappa shape index (κ3) is 4.85. The Kier molecular flexibility index (Phi) is 6.08. The summed E-state index contributed by atoms with van der Waals surface area (Å²) in [5, 5.41) is 5.53. The fourth-order valence-electron chi connectivity index (χ4n) is 3.02. The van der Waals surface area contributed by atoms with Crippen LogP contribution >= 0.6 is 0 Å². The number of amides is 2. The fourth-order valence-corrected chi connectivity index (χ4v) is 3.02. The molecular formula is C19H22FN3O4. The molecule has 1 aromatic heterocycles. The second kappa shape index (κ2) is 8.68. The number of nitrogens with zero attached hydrogens (tertiary/aromatic N) is 1. The van der Waals surface area contributed by atoms with Crippen LogP contribution in [0.25, 0.3) is 0 Å². The number of hydrogen-bond donors (Lipinski definition) is 2. The van der Waals surface area contributed by atoms with Gasteiger partial charge in [-0.1, -0.05) is 6.07 Å². The molecule has 0 saturated carbocycles. The highest BCUT2D eigenvalue weighted by atomic mass is 19.1. The highest BCUT2D eigenvalue weighted by Gasteiger charge is 2.32. The van der Waals surface area contributed by atoms with Gasteiger partial charge in [-0.15, -0.1) is 0 Å². The van der Waals surface area contributed by atoms with Gasteiger partial charge in [-0.2, -0.15) is 0 Å². The molecular weight excluding hydrogens is 353 g/mol. The minimum absolute atomic E-state index is 0.00145. The van der Waals surface area contributed by atoms with Crippen LogP contribution in [0.2, 0.25) is 0 Å². The average Bonchev–Trinajstić information content (AvgIpc) is 3.18. The topological polar surface area (TPSA) is 83.8 Å². The number of rotatable bonds is 7. The molecule has 8 heteroatoms. The predicted octanol–water partition coefficient (Wildman–Crippen LogP) is 1.43. The van der Waals surface area contributed by atoms with Crippen molar-refractivity contribution < 1.29 is 23.1 Å². The summed E-state index contributed by atoms with van der Waals surface area (Å²) in [7, 11) is 1.47. The Morgan fingerprint density at radius 2 is 2.30 bits per heavy atom. The first-order valence-electron chi connectivity index (χ1n) is 8.69. The third-order valence-corrected chi connectivity index (χ3v) is 4.52. The fraction of sp³-hybridized carbons (Fsp3) is 0.368. The number of benzene rings is 1. The van der Waals surface area contributed by atoms with E-state index >= 15 is 0 Å². The molecule has 2 amide bonds. The monoisotopic (exact) mass is 375 g/mol. The van der Waals surface area contributed by atoms with Gasteiger partial charge in [0.25, 0.3) is 0 Å². The molecule has 3 rings (SSSR count). The molecule has 0 bridgehead atoms. The van der Waals surface area contributed by atoms with Crippen molar-refractivity contribution in [3.05, 3.63) is 53.7 Å². The smallest absolute Gasteiger partial charge is 0.237 e. The van der Waals surface area contributed by atoms with Gasteiger partial charge in [-0.3, -0.25) is 14.5 Å². The lowest BCUT2D eigenvalue weighted by atomic mass is 10.1. The summed E-state index contributed by atoms with van der Waals surface area (Å²) in [4.78, 5) is 26.4. The van der Waals surface area contributed by atoms with Gasteiger partial charge in [0.05, 0.1) is 32.1 Å². The van der Waals surface area contributed by atoms with Crippen LogP contribution in [0.1, 0.15) is 17.5 Å². The average molecular weight is 375 g/mol. The van der Waals surface area contributed by atoms with E-state index in [0.717, 1.165) is 5.56 Å². The molecule has 1 aliphatic heterocycles. The molecule has 0 spiro atoms. The van der Waals surface area contributed by atoms with E-state index in [0.29, 0.717) is 30.9 Å². The summed E-state index contributed by atoms with van der Waals surface area (Å²) in [5.74, 6) is -0.446. The minimum atomic E-state index is -0.649. The van der Waals surface area contributed by atoms with Crippen LogP contribution < -0.4 is 15.4 Å². The lowest BCUT2D eigenvalue weighted by Crippen LogP contribution is -2.56. The van der Waals surface area contributed by atoms with Crippen molar-refractivity contribution in [3.8, 4) is 5.75 Å². The van der Waals surface area contributed by atoms with Crippen molar-refractivity contribution in [3.63, 3.8) is 0 Å². The number of ether oxygens (including phenoxy) is 1.